The van der Waals surface area contributed by atoms with Crippen molar-refractivity contribution < 1.29 is 14.3 Å². The number of halogens is 1. The van der Waals surface area contributed by atoms with Crippen LogP contribution in [0.2, 0.25) is 5.15 Å². The van der Waals surface area contributed by atoms with E-state index in [0.29, 0.717) is 23.8 Å². The molecule has 1 amide bonds. The maximum Gasteiger partial charge on any atom is 0.310 e. The highest BCUT2D eigenvalue weighted by Crippen LogP contribution is 2.19. The fraction of sp³-hybridized carbons (Fsp3) is 0.462. The van der Waals surface area contributed by atoms with Crippen LogP contribution in [0.15, 0.2) is 18.3 Å². The molecule has 0 N–H and O–H groups in total. The predicted molar refractivity (Wildman–Crippen MR) is 69.9 cm³/mol. The Balaban J connectivity index is 2.06. The van der Waals surface area contributed by atoms with Crippen LogP contribution >= 0.6 is 11.6 Å². The standard InChI is InChI=1S/C13H15ClN2O3/c1-19-13(18)10-3-2-6-16(8-10)12(17)9-4-5-11(14)15-7-9/h4-5,7,10H,2-3,6,8H2,1H3. The van der Waals surface area contributed by atoms with E-state index in [0.717, 1.165) is 12.8 Å². The number of hydrogen-bond donors (Lipinski definition) is 0. The summed E-state index contributed by atoms with van der Waals surface area (Å²) in [5.41, 5.74) is 0.481. The van der Waals surface area contributed by atoms with Crippen LogP contribution in [0.4, 0.5) is 0 Å². The fourth-order valence-electron chi connectivity index (χ4n) is 2.21. The number of piperidine rings is 1. The first-order chi connectivity index (χ1) is 9.11. The Morgan fingerprint density at radius 1 is 1.47 bits per heavy atom. The summed E-state index contributed by atoms with van der Waals surface area (Å²) in [4.78, 5) is 29.3. The van der Waals surface area contributed by atoms with Gasteiger partial charge in [-0.3, -0.25) is 9.59 Å². The van der Waals surface area contributed by atoms with Crippen LogP contribution in [-0.2, 0) is 9.53 Å². The number of likely N-dealkylation sites (tertiary alicyclic amines) is 1. The molecule has 5 nitrogen and oxygen atoms in total. The van der Waals surface area contributed by atoms with E-state index in [-0.39, 0.29) is 17.8 Å². The largest absolute Gasteiger partial charge is 0.469 e. The Labute approximate surface area is 116 Å². The molecule has 2 rings (SSSR count). The molecule has 1 aromatic heterocycles. The molecule has 1 aliphatic heterocycles. The van der Waals surface area contributed by atoms with Crippen molar-refractivity contribution in [2.75, 3.05) is 20.2 Å². The van der Waals surface area contributed by atoms with Crippen molar-refractivity contribution in [3.63, 3.8) is 0 Å². The molecule has 0 aromatic carbocycles. The van der Waals surface area contributed by atoms with E-state index in [4.69, 9.17) is 16.3 Å². The van der Waals surface area contributed by atoms with Gasteiger partial charge >= 0.3 is 5.97 Å². The van der Waals surface area contributed by atoms with E-state index in [1.165, 1.54) is 13.3 Å². The number of amides is 1. The van der Waals surface area contributed by atoms with Crippen molar-refractivity contribution in [3.05, 3.63) is 29.0 Å². The van der Waals surface area contributed by atoms with Gasteiger partial charge in [0.25, 0.3) is 5.91 Å². The summed E-state index contributed by atoms with van der Waals surface area (Å²) in [6.45, 7) is 1.04. The summed E-state index contributed by atoms with van der Waals surface area (Å²) in [6.07, 6.45) is 3.01. The van der Waals surface area contributed by atoms with Crippen LogP contribution in [-0.4, -0.2) is 42.0 Å². The molecule has 0 saturated carbocycles. The first-order valence-electron chi connectivity index (χ1n) is 6.10. The Kier molecular flexibility index (Phi) is 4.37. The van der Waals surface area contributed by atoms with Crippen molar-refractivity contribution in [3.8, 4) is 0 Å². The molecule has 1 aromatic rings. The molecule has 1 unspecified atom stereocenters. The molecule has 0 bridgehead atoms. The summed E-state index contributed by atoms with van der Waals surface area (Å²) < 4.78 is 4.73. The van der Waals surface area contributed by atoms with Crippen LogP contribution in [0.3, 0.4) is 0 Å². The molecule has 2 heterocycles. The van der Waals surface area contributed by atoms with Crippen LogP contribution in [0.5, 0.6) is 0 Å². The Bertz CT molecular complexity index is 475. The second-order valence-electron chi connectivity index (χ2n) is 4.48. The predicted octanol–water partition coefficient (Wildman–Crippen LogP) is 1.76. The molecule has 6 heteroatoms. The van der Waals surface area contributed by atoms with Gasteiger partial charge in [0.15, 0.2) is 0 Å². The van der Waals surface area contributed by atoms with E-state index >= 15 is 0 Å². The van der Waals surface area contributed by atoms with E-state index < -0.39 is 0 Å². The molecule has 1 atom stereocenters. The minimum absolute atomic E-state index is 0.127. The number of pyridine rings is 1. The van der Waals surface area contributed by atoms with Crippen molar-refractivity contribution in [1.82, 2.24) is 9.88 Å². The summed E-state index contributed by atoms with van der Waals surface area (Å²) in [6, 6.07) is 3.22. The molecule has 0 radical (unpaired) electrons. The van der Waals surface area contributed by atoms with Crippen LogP contribution in [0, 0.1) is 5.92 Å². The van der Waals surface area contributed by atoms with Crippen molar-refractivity contribution in [2.45, 2.75) is 12.8 Å². The van der Waals surface area contributed by atoms with E-state index in [1.807, 2.05) is 0 Å². The highest BCUT2D eigenvalue weighted by atomic mass is 35.5. The lowest BCUT2D eigenvalue weighted by Crippen LogP contribution is -2.42. The zero-order chi connectivity index (χ0) is 13.8. The number of rotatable bonds is 2. The molecule has 0 spiro atoms. The zero-order valence-electron chi connectivity index (χ0n) is 10.6. The third-order valence-electron chi connectivity index (χ3n) is 3.22. The number of ether oxygens (including phenoxy) is 1. The Hall–Kier alpha value is -1.62. The van der Waals surface area contributed by atoms with Crippen molar-refractivity contribution in [1.29, 1.82) is 0 Å². The van der Waals surface area contributed by atoms with Gasteiger partial charge in [-0.15, -0.1) is 0 Å². The summed E-state index contributed by atoms with van der Waals surface area (Å²) in [7, 11) is 1.37. The molecule has 102 valence electrons. The normalized spacial score (nSPS) is 19.1. The average Bonchev–Trinajstić information content (AvgIpc) is 2.46. The number of carbonyl (C=O) groups is 2. The molecule has 0 aliphatic carbocycles. The van der Waals surface area contributed by atoms with Crippen LogP contribution in [0.1, 0.15) is 23.2 Å². The number of nitrogens with zero attached hydrogens (tertiary/aromatic N) is 2. The lowest BCUT2D eigenvalue weighted by molar-refractivity contribution is -0.146. The summed E-state index contributed by atoms with van der Waals surface area (Å²) in [5, 5.41) is 0.350. The van der Waals surface area contributed by atoms with Gasteiger partial charge in [-0.2, -0.15) is 0 Å². The molecular formula is C13H15ClN2O3. The SMILES string of the molecule is COC(=O)C1CCCN(C(=O)c2ccc(Cl)nc2)C1. The van der Waals surface area contributed by atoms with Gasteiger partial charge in [-0.05, 0) is 25.0 Å². The van der Waals surface area contributed by atoms with Crippen molar-refractivity contribution >= 4 is 23.5 Å². The molecular weight excluding hydrogens is 268 g/mol. The lowest BCUT2D eigenvalue weighted by Gasteiger charge is -2.31. The Morgan fingerprint density at radius 2 is 2.26 bits per heavy atom. The van der Waals surface area contributed by atoms with E-state index in [2.05, 4.69) is 4.98 Å². The summed E-state index contributed by atoms with van der Waals surface area (Å²) in [5.74, 6) is -0.618. The number of methoxy groups -OCH3 is 1. The second kappa shape index (κ2) is 6.02. The van der Waals surface area contributed by atoms with Crippen LogP contribution < -0.4 is 0 Å². The van der Waals surface area contributed by atoms with Gasteiger partial charge in [0, 0.05) is 19.3 Å². The van der Waals surface area contributed by atoms with Gasteiger partial charge in [0.2, 0.25) is 0 Å². The van der Waals surface area contributed by atoms with Crippen LogP contribution in [0.25, 0.3) is 0 Å². The van der Waals surface area contributed by atoms with Gasteiger partial charge in [0.1, 0.15) is 5.15 Å². The summed E-state index contributed by atoms with van der Waals surface area (Å²) >= 11 is 5.69. The first kappa shape index (κ1) is 13.8. The lowest BCUT2D eigenvalue weighted by atomic mass is 9.97. The Morgan fingerprint density at radius 3 is 2.89 bits per heavy atom. The minimum atomic E-state index is -0.258. The van der Waals surface area contributed by atoms with Crippen molar-refractivity contribution in [2.24, 2.45) is 5.92 Å². The first-order valence-corrected chi connectivity index (χ1v) is 6.48. The number of esters is 1. The molecule has 1 saturated heterocycles. The minimum Gasteiger partial charge on any atom is -0.469 e. The van der Waals surface area contributed by atoms with Gasteiger partial charge < -0.3 is 9.64 Å². The quantitative estimate of drug-likeness (QED) is 0.613. The number of carbonyl (C=O) groups excluding carboxylic acids is 2. The fourth-order valence-corrected chi connectivity index (χ4v) is 2.32. The maximum atomic E-state index is 12.3. The molecule has 1 fully saturated rings. The second-order valence-corrected chi connectivity index (χ2v) is 4.87. The van der Waals surface area contributed by atoms with E-state index in [1.54, 1.807) is 17.0 Å². The number of hydrogen-bond acceptors (Lipinski definition) is 4. The molecule has 19 heavy (non-hydrogen) atoms. The third-order valence-corrected chi connectivity index (χ3v) is 3.44. The maximum absolute atomic E-state index is 12.3. The number of aromatic nitrogens is 1. The van der Waals surface area contributed by atoms with Gasteiger partial charge in [0.05, 0.1) is 18.6 Å². The third kappa shape index (κ3) is 3.23. The topological polar surface area (TPSA) is 59.5 Å². The monoisotopic (exact) mass is 282 g/mol. The van der Waals surface area contributed by atoms with Gasteiger partial charge in [-0.1, -0.05) is 11.6 Å². The molecule has 1 aliphatic rings. The highest BCUT2D eigenvalue weighted by Gasteiger charge is 2.29. The average molecular weight is 283 g/mol. The smallest absolute Gasteiger partial charge is 0.310 e. The van der Waals surface area contributed by atoms with E-state index in [9.17, 15) is 9.59 Å². The highest BCUT2D eigenvalue weighted by molar-refractivity contribution is 6.29. The zero-order valence-corrected chi connectivity index (χ0v) is 11.4. The van der Waals surface area contributed by atoms with Gasteiger partial charge in [-0.25, -0.2) is 4.98 Å².